The number of rotatable bonds is 2. The summed E-state index contributed by atoms with van der Waals surface area (Å²) in [6.45, 7) is 0. The summed E-state index contributed by atoms with van der Waals surface area (Å²) in [4.78, 5) is 0. The van der Waals surface area contributed by atoms with Gasteiger partial charge in [-0.3, -0.25) is 0 Å². The number of thiazole rings is 1. The zero-order valence-corrected chi connectivity index (χ0v) is 14.0. The smallest absolute Gasteiger partial charge is 0.272 e. The fourth-order valence-corrected chi connectivity index (χ4v) is 4.08. The molecule has 5 heteroatoms. The number of aromatic nitrogens is 1. The lowest BCUT2D eigenvalue weighted by Crippen LogP contribution is -2.26. The van der Waals surface area contributed by atoms with E-state index < -0.39 is 0 Å². The van der Waals surface area contributed by atoms with Crippen LogP contribution in [0.4, 0.5) is 0 Å². The van der Waals surface area contributed by atoms with E-state index in [1.807, 2.05) is 23.7 Å². The first-order valence-electron chi connectivity index (χ1n) is 6.06. The lowest BCUT2D eigenvalue weighted by atomic mass is 10.0. The summed E-state index contributed by atoms with van der Waals surface area (Å²) in [6, 6.07) is 10.3. The number of aryl methyl sites for hydroxylation is 1. The van der Waals surface area contributed by atoms with Crippen LogP contribution in [0.2, 0.25) is 0 Å². The van der Waals surface area contributed by atoms with Gasteiger partial charge in [0.2, 0.25) is 11.3 Å². The Morgan fingerprint density at radius 2 is 2.00 bits per heavy atom. The van der Waals surface area contributed by atoms with Crippen molar-refractivity contribution in [2.75, 3.05) is 7.11 Å². The number of halogens is 1. The van der Waals surface area contributed by atoms with E-state index in [-0.39, 0.29) is 0 Å². The van der Waals surface area contributed by atoms with Gasteiger partial charge in [-0.1, -0.05) is 12.1 Å². The fraction of sp³-hybridized carbons (Fsp3) is 0.133. The number of aromatic hydroxyl groups is 1. The maximum absolute atomic E-state index is 9.68. The summed E-state index contributed by atoms with van der Waals surface area (Å²) in [6.07, 6.45) is 1.73. The number of hydrogen-bond acceptors (Lipinski definition) is 3. The lowest BCUT2D eigenvalue weighted by molar-refractivity contribution is -0.656. The molecule has 0 amide bonds. The van der Waals surface area contributed by atoms with Gasteiger partial charge in [0.15, 0.2) is 0 Å². The molecule has 0 bridgehead atoms. The molecule has 1 N–H and O–H groups in total. The van der Waals surface area contributed by atoms with Crippen LogP contribution in [0.15, 0.2) is 36.5 Å². The Balaban J connectivity index is 2.33. The fourth-order valence-electron chi connectivity index (χ4n) is 2.31. The zero-order valence-electron chi connectivity index (χ0n) is 11.1. The van der Waals surface area contributed by atoms with Crippen LogP contribution in [-0.2, 0) is 7.05 Å². The molecule has 2 aromatic carbocycles. The van der Waals surface area contributed by atoms with E-state index in [0.29, 0.717) is 5.06 Å². The predicted octanol–water partition coefficient (Wildman–Crippen LogP) is 3.71. The van der Waals surface area contributed by atoms with E-state index in [0.717, 1.165) is 30.7 Å². The molecule has 0 spiro atoms. The Labute approximate surface area is 134 Å². The molecule has 0 unspecified atom stereocenters. The third-order valence-corrected chi connectivity index (χ3v) is 5.36. The Morgan fingerprint density at radius 1 is 1.20 bits per heavy atom. The van der Waals surface area contributed by atoms with Gasteiger partial charge in [-0.05, 0) is 62.9 Å². The highest BCUT2D eigenvalue weighted by molar-refractivity contribution is 14.1. The number of fused-ring (bicyclic) bond motifs is 1. The molecular formula is C15H13INO2S+. The average molecular weight is 398 g/mol. The van der Waals surface area contributed by atoms with Gasteiger partial charge in [0.1, 0.15) is 12.8 Å². The van der Waals surface area contributed by atoms with E-state index >= 15 is 0 Å². The first kappa shape index (κ1) is 13.6. The molecular weight excluding hydrogens is 385 g/mol. The van der Waals surface area contributed by atoms with E-state index in [9.17, 15) is 5.11 Å². The summed E-state index contributed by atoms with van der Waals surface area (Å²) in [7, 11) is 3.63. The second kappa shape index (κ2) is 5.21. The monoisotopic (exact) mass is 398 g/mol. The summed E-state index contributed by atoms with van der Waals surface area (Å²) in [5, 5.41) is 13.4. The minimum absolute atomic E-state index is 0.322. The van der Waals surface area contributed by atoms with Gasteiger partial charge in [-0.15, -0.1) is 0 Å². The molecule has 20 heavy (non-hydrogen) atoms. The quantitative estimate of drug-likeness (QED) is 0.528. The van der Waals surface area contributed by atoms with Crippen molar-refractivity contribution in [3.8, 4) is 21.4 Å². The normalized spacial score (nSPS) is 10.9. The van der Waals surface area contributed by atoms with Crippen LogP contribution in [0.25, 0.3) is 21.3 Å². The highest BCUT2D eigenvalue weighted by atomic mass is 127. The van der Waals surface area contributed by atoms with Crippen molar-refractivity contribution in [1.29, 1.82) is 0 Å². The van der Waals surface area contributed by atoms with Gasteiger partial charge in [-0.25, -0.2) is 0 Å². The summed E-state index contributed by atoms with van der Waals surface area (Å²) >= 11 is 3.69. The summed E-state index contributed by atoms with van der Waals surface area (Å²) < 4.78 is 8.43. The third kappa shape index (κ3) is 2.14. The summed E-state index contributed by atoms with van der Waals surface area (Å²) in [5.41, 5.74) is 1.12. The van der Waals surface area contributed by atoms with Crippen LogP contribution in [0, 0.1) is 3.57 Å². The lowest BCUT2D eigenvalue weighted by Gasteiger charge is -2.08. The van der Waals surface area contributed by atoms with Crippen molar-refractivity contribution in [2.45, 2.75) is 0 Å². The Hall–Kier alpha value is -1.34. The van der Waals surface area contributed by atoms with Gasteiger partial charge < -0.3 is 9.84 Å². The molecule has 3 rings (SSSR count). The van der Waals surface area contributed by atoms with E-state index in [1.54, 1.807) is 13.3 Å². The molecule has 0 atom stereocenters. The van der Waals surface area contributed by atoms with Gasteiger partial charge in [0.25, 0.3) is 5.01 Å². The SMILES string of the molecule is COc1ccc2c(-c3sc(O)c[n+]3C)cccc2c1I. The van der Waals surface area contributed by atoms with Crippen LogP contribution in [-0.4, -0.2) is 12.2 Å². The van der Waals surface area contributed by atoms with Crippen LogP contribution in [0.5, 0.6) is 10.8 Å². The highest BCUT2D eigenvalue weighted by Gasteiger charge is 2.19. The van der Waals surface area contributed by atoms with Crippen molar-refractivity contribution >= 4 is 44.7 Å². The second-order valence-electron chi connectivity index (χ2n) is 4.47. The zero-order chi connectivity index (χ0) is 14.3. The van der Waals surface area contributed by atoms with Crippen LogP contribution in [0.1, 0.15) is 0 Å². The Bertz CT molecular complexity index is 798. The van der Waals surface area contributed by atoms with Gasteiger partial charge in [0, 0.05) is 0 Å². The van der Waals surface area contributed by atoms with Gasteiger partial charge >= 0.3 is 0 Å². The number of methoxy groups -OCH3 is 1. The minimum Gasteiger partial charge on any atom is -0.496 e. The van der Waals surface area contributed by atoms with Crippen molar-refractivity contribution < 1.29 is 14.4 Å². The van der Waals surface area contributed by atoms with Crippen LogP contribution < -0.4 is 9.30 Å². The maximum atomic E-state index is 9.68. The van der Waals surface area contributed by atoms with E-state index in [2.05, 4.69) is 40.8 Å². The molecule has 3 nitrogen and oxygen atoms in total. The van der Waals surface area contributed by atoms with Crippen molar-refractivity contribution in [1.82, 2.24) is 0 Å². The van der Waals surface area contributed by atoms with E-state index in [1.165, 1.54) is 11.3 Å². The summed E-state index contributed by atoms with van der Waals surface area (Å²) in [5.74, 6) is 0.883. The Kier molecular flexibility index (Phi) is 3.55. The first-order chi connectivity index (χ1) is 9.61. The van der Waals surface area contributed by atoms with Crippen LogP contribution in [0.3, 0.4) is 0 Å². The molecule has 0 saturated heterocycles. The number of hydrogen-bond donors (Lipinski definition) is 1. The first-order valence-corrected chi connectivity index (χ1v) is 7.95. The molecule has 3 aromatic rings. The topological polar surface area (TPSA) is 33.3 Å². The van der Waals surface area contributed by atoms with Crippen molar-refractivity contribution in [3.63, 3.8) is 0 Å². The number of nitrogens with zero attached hydrogens (tertiary/aromatic N) is 1. The van der Waals surface area contributed by atoms with Gasteiger partial charge in [-0.2, -0.15) is 4.57 Å². The molecule has 0 aliphatic rings. The number of ether oxygens (including phenoxy) is 1. The molecule has 0 aliphatic heterocycles. The number of benzene rings is 2. The average Bonchev–Trinajstić information content (AvgIpc) is 2.78. The standard InChI is InChI=1S/C15H12INO2S/c1-17-8-13(18)20-15(17)11-5-3-4-10-9(11)6-7-12(19-2)14(10)16/h3-8H,1-2H3/p+1. The molecule has 1 aromatic heterocycles. The second-order valence-corrected chi connectivity index (χ2v) is 6.56. The third-order valence-electron chi connectivity index (χ3n) is 3.24. The molecule has 0 radical (unpaired) electrons. The highest BCUT2D eigenvalue weighted by Crippen LogP contribution is 2.36. The predicted molar refractivity (Wildman–Crippen MR) is 89.4 cm³/mol. The van der Waals surface area contributed by atoms with Crippen LogP contribution >= 0.6 is 33.9 Å². The van der Waals surface area contributed by atoms with Crippen molar-refractivity contribution in [2.24, 2.45) is 7.05 Å². The van der Waals surface area contributed by atoms with Crippen molar-refractivity contribution in [3.05, 3.63) is 40.1 Å². The molecule has 102 valence electrons. The largest absolute Gasteiger partial charge is 0.496 e. The van der Waals surface area contributed by atoms with Gasteiger partial charge in [0.05, 0.1) is 16.2 Å². The molecule has 0 saturated carbocycles. The molecule has 1 heterocycles. The molecule has 0 fully saturated rings. The Morgan fingerprint density at radius 3 is 2.65 bits per heavy atom. The molecule has 0 aliphatic carbocycles. The maximum Gasteiger partial charge on any atom is 0.272 e. The van der Waals surface area contributed by atoms with E-state index in [4.69, 9.17) is 4.74 Å². The minimum atomic E-state index is 0.322.